The summed E-state index contributed by atoms with van der Waals surface area (Å²) >= 11 is 5.89. The summed E-state index contributed by atoms with van der Waals surface area (Å²) in [5.74, 6) is 0. The number of aromatic amines is 1. The first kappa shape index (κ1) is 10.2. The molecule has 0 aromatic carbocycles. The van der Waals surface area contributed by atoms with Crippen LogP contribution in [0, 0.1) is 0 Å². The Balaban J connectivity index is 2.67. The molecule has 2 N–H and O–H groups in total. The Morgan fingerprint density at radius 2 is 2.47 bits per heavy atom. The fourth-order valence-corrected chi connectivity index (χ4v) is 1.70. The first-order valence-electron chi connectivity index (χ1n) is 4.51. The number of nitrogens with one attached hydrogen (secondary N) is 1. The van der Waals surface area contributed by atoms with Crippen LogP contribution in [0.5, 0.6) is 0 Å². The van der Waals surface area contributed by atoms with Crippen LogP contribution < -0.4 is 5.43 Å². The van der Waals surface area contributed by atoms with Gasteiger partial charge in [-0.25, -0.2) is 9.50 Å². The molecule has 0 spiro atoms. The van der Waals surface area contributed by atoms with E-state index in [2.05, 4.69) is 10.1 Å². The summed E-state index contributed by atoms with van der Waals surface area (Å²) < 4.78 is 1.45. The topological polar surface area (TPSA) is 70.4 Å². The predicted octanol–water partition coefficient (Wildman–Crippen LogP) is 0.599. The van der Waals surface area contributed by atoms with Crippen LogP contribution in [0.3, 0.4) is 0 Å². The Morgan fingerprint density at radius 3 is 3.13 bits per heavy atom. The van der Waals surface area contributed by atoms with Crippen LogP contribution in [0.4, 0.5) is 0 Å². The van der Waals surface area contributed by atoms with Gasteiger partial charge in [-0.15, -0.1) is 0 Å². The van der Waals surface area contributed by atoms with E-state index in [9.17, 15) is 9.90 Å². The Labute approximate surface area is 90.3 Å². The van der Waals surface area contributed by atoms with Crippen molar-refractivity contribution in [2.24, 2.45) is 0 Å². The maximum Gasteiger partial charge on any atom is 0.229 e. The third-order valence-corrected chi connectivity index (χ3v) is 2.41. The Morgan fingerprint density at radius 1 is 1.73 bits per heavy atom. The van der Waals surface area contributed by atoms with Gasteiger partial charge >= 0.3 is 0 Å². The fraction of sp³-hybridized carbons (Fsp3) is 0.333. The number of aromatic nitrogens is 3. The van der Waals surface area contributed by atoms with Crippen LogP contribution in [-0.4, -0.2) is 25.8 Å². The molecule has 0 radical (unpaired) electrons. The average Bonchev–Trinajstić information content (AvgIpc) is 2.59. The van der Waals surface area contributed by atoms with Crippen molar-refractivity contribution < 1.29 is 5.11 Å². The molecule has 2 aromatic rings. The number of aliphatic hydroxyl groups is 1. The van der Waals surface area contributed by atoms with E-state index in [4.69, 9.17) is 11.6 Å². The summed E-state index contributed by atoms with van der Waals surface area (Å²) in [6.45, 7) is 1.60. The van der Waals surface area contributed by atoms with Gasteiger partial charge < -0.3 is 5.11 Å². The molecular weight excluding hydrogens is 218 g/mol. The lowest BCUT2D eigenvalue weighted by atomic mass is 10.1. The highest BCUT2D eigenvalue weighted by Crippen LogP contribution is 2.11. The van der Waals surface area contributed by atoms with E-state index in [0.717, 1.165) is 0 Å². The average molecular weight is 228 g/mol. The van der Waals surface area contributed by atoms with E-state index in [1.807, 2.05) is 0 Å². The van der Waals surface area contributed by atoms with E-state index in [1.165, 1.54) is 10.7 Å². The largest absolute Gasteiger partial charge is 0.393 e. The second-order valence-corrected chi connectivity index (χ2v) is 3.79. The summed E-state index contributed by atoms with van der Waals surface area (Å²) in [5.41, 5.74) is 0.407. The van der Waals surface area contributed by atoms with Crippen LogP contribution in [0.25, 0.3) is 5.65 Å². The molecule has 6 heteroatoms. The SMILES string of the molecule is CC(O)Cc1c(Cl)[nH]n2ccnc2c1=O. The first-order chi connectivity index (χ1) is 7.09. The van der Waals surface area contributed by atoms with Gasteiger partial charge in [0.25, 0.3) is 0 Å². The van der Waals surface area contributed by atoms with Crippen molar-refractivity contribution in [3.8, 4) is 0 Å². The number of hydrogen-bond donors (Lipinski definition) is 2. The molecule has 15 heavy (non-hydrogen) atoms. The van der Waals surface area contributed by atoms with E-state index in [-0.39, 0.29) is 22.6 Å². The lowest BCUT2D eigenvalue weighted by Gasteiger charge is -2.06. The highest BCUT2D eigenvalue weighted by molar-refractivity contribution is 6.30. The first-order valence-corrected chi connectivity index (χ1v) is 4.89. The number of imidazole rings is 1. The molecule has 2 heterocycles. The van der Waals surface area contributed by atoms with Crippen molar-refractivity contribution in [3.05, 3.63) is 33.3 Å². The summed E-state index contributed by atoms with van der Waals surface area (Å²) in [4.78, 5) is 15.8. The second kappa shape index (κ2) is 3.67. The van der Waals surface area contributed by atoms with Crippen LogP contribution in [0.2, 0.25) is 5.15 Å². The number of rotatable bonds is 2. The number of fused-ring (bicyclic) bond motifs is 1. The molecule has 80 valence electrons. The molecule has 0 saturated heterocycles. The molecule has 0 aliphatic rings. The zero-order valence-corrected chi connectivity index (χ0v) is 8.82. The Bertz CT molecular complexity index is 544. The molecular formula is C9H10ClN3O2. The smallest absolute Gasteiger partial charge is 0.229 e. The third-order valence-electron chi connectivity index (χ3n) is 2.10. The van der Waals surface area contributed by atoms with E-state index < -0.39 is 6.10 Å². The third kappa shape index (κ3) is 1.75. The van der Waals surface area contributed by atoms with Crippen molar-refractivity contribution in [2.75, 3.05) is 0 Å². The Kier molecular flexibility index (Phi) is 2.50. The molecule has 1 unspecified atom stereocenters. The maximum absolute atomic E-state index is 11.8. The highest BCUT2D eigenvalue weighted by atomic mass is 35.5. The molecule has 0 aliphatic heterocycles. The van der Waals surface area contributed by atoms with Gasteiger partial charge in [-0.2, -0.15) is 0 Å². The lowest BCUT2D eigenvalue weighted by Crippen LogP contribution is -2.19. The van der Waals surface area contributed by atoms with Gasteiger partial charge in [-0.05, 0) is 6.92 Å². The van der Waals surface area contributed by atoms with Crippen LogP contribution in [-0.2, 0) is 6.42 Å². The van der Waals surface area contributed by atoms with Crippen LogP contribution >= 0.6 is 11.6 Å². The molecule has 2 aromatic heterocycles. The number of hydrogen-bond acceptors (Lipinski definition) is 3. The number of aliphatic hydroxyl groups excluding tert-OH is 1. The Hall–Kier alpha value is -1.33. The number of H-pyrrole nitrogens is 1. The quantitative estimate of drug-likeness (QED) is 0.789. The summed E-state index contributed by atoms with van der Waals surface area (Å²) in [5, 5.41) is 12.3. The zero-order valence-electron chi connectivity index (χ0n) is 8.07. The second-order valence-electron chi connectivity index (χ2n) is 3.41. The van der Waals surface area contributed by atoms with Gasteiger partial charge in [-0.1, -0.05) is 11.6 Å². The minimum Gasteiger partial charge on any atom is -0.393 e. The van der Waals surface area contributed by atoms with Gasteiger partial charge in [-0.3, -0.25) is 9.89 Å². The molecule has 0 aliphatic carbocycles. The molecule has 0 saturated carbocycles. The van der Waals surface area contributed by atoms with Crippen molar-refractivity contribution >= 4 is 17.2 Å². The molecule has 0 fully saturated rings. The standard InChI is InChI=1S/C9H10ClN3O2/c1-5(14)4-6-7(15)9-11-2-3-13(9)12-8(6)10/h2-3,5,12,14H,4H2,1H3. The van der Waals surface area contributed by atoms with E-state index in [0.29, 0.717) is 5.56 Å². The fourth-order valence-electron chi connectivity index (χ4n) is 1.45. The molecule has 5 nitrogen and oxygen atoms in total. The van der Waals surface area contributed by atoms with Crippen molar-refractivity contribution in [1.29, 1.82) is 0 Å². The van der Waals surface area contributed by atoms with Crippen LogP contribution in [0.1, 0.15) is 12.5 Å². The van der Waals surface area contributed by atoms with Gasteiger partial charge in [0.1, 0.15) is 5.15 Å². The van der Waals surface area contributed by atoms with Gasteiger partial charge in [0.05, 0.1) is 6.10 Å². The van der Waals surface area contributed by atoms with E-state index >= 15 is 0 Å². The highest BCUT2D eigenvalue weighted by Gasteiger charge is 2.13. The molecule has 1 atom stereocenters. The normalized spacial score (nSPS) is 13.3. The minimum atomic E-state index is -0.610. The summed E-state index contributed by atoms with van der Waals surface area (Å²) in [6, 6.07) is 0. The predicted molar refractivity (Wildman–Crippen MR) is 56.2 cm³/mol. The van der Waals surface area contributed by atoms with Crippen LogP contribution in [0.15, 0.2) is 17.2 Å². The maximum atomic E-state index is 11.8. The van der Waals surface area contributed by atoms with E-state index in [1.54, 1.807) is 13.1 Å². The van der Waals surface area contributed by atoms with Gasteiger partial charge in [0.2, 0.25) is 5.43 Å². The lowest BCUT2D eigenvalue weighted by molar-refractivity contribution is 0.195. The molecule has 2 rings (SSSR count). The summed E-state index contributed by atoms with van der Waals surface area (Å²) in [6.07, 6.45) is 2.73. The number of halogens is 1. The van der Waals surface area contributed by atoms with Crippen molar-refractivity contribution in [2.45, 2.75) is 19.4 Å². The minimum absolute atomic E-state index is 0.220. The number of nitrogens with zero attached hydrogens (tertiary/aromatic N) is 2. The van der Waals surface area contributed by atoms with Crippen molar-refractivity contribution in [1.82, 2.24) is 14.6 Å². The monoisotopic (exact) mass is 227 g/mol. The molecule has 0 bridgehead atoms. The zero-order chi connectivity index (χ0) is 11.0. The van der Waals surface area contributed by atoms with Crippen molar-refractivity contribution in [3.63, 3.8) is 0 Å². The van der Waals surface area contributed by atoms with Gasteiger partial charge in [0.15, 0.2) is 5.65 Å². The van der Waals surface area contributed by atoms with Gasteiger partial charge in [0, 0.05) is 24.4 Å². The summed E-state index contributed by atoms with van der Waals surface area (Å²) in [7, 11) is 0. The molecule has 0 amide bonds.